The lowest BCUT2D eigenvalue weighted by Crippen LogP contribution is -2.36. The van der Waals surface area contributed by atoms with Gasteiger partial charge in [-0.15, -0.1) is 11.3 Å². The average molecular weight is 388 g/mol. The first-order chi connectivity index (χ1) is 13.3. The quantitative estimate of drug-likeness (QED) is 0.795. The number of rotatable bonds is 5. The van der Waals surface area contributed by atoms with E-state index in [1.165, 1.54) is 11.3 Å². The molecule has 0 radical (unpaired) electrons. The molecular formula is C20H24N2O4S. The molecule has 6 nitrogen and oxygen atoms in total. The van der Waals surface area contributed by atoms with Crippen molar-refractivity contribution in [2.75, 3.05) is 37.8 Å². The van der Waals surface area contributed by atoms with Gasteiger partial charge >= 0.3 is 0 Å². The predicted octanol–water partition coefficient (Wildman–Crippen LogP) is 3.44. The van der Waals surface area contributed by atoms with Crippen molar-refractivity contribution in [3.05, 3.63) is 41.3 Å². The molecule has 1 atom stereocenters. The van der Waals surface area contributed by atoms with E-state index in [4.69, 9.17) is 14.3 Å². The third-order valence-electron chi connectivity index (χ3n) is 4.74. The molecule has 2 fully saturated rings. The van der Waals surface area contributed by atoms with Crippen LogP contribution in [-0.2, 0) is 14.3 Å². The lowest BCUT2D eigenvalue weighted by molar-refractivity contribution is -0.186. The number of benzene rings is 1. The van der Waals surface area contributed by atoms with Crippen molar-refractivity contribution >= 4 is 22.2 Å². The van der Waals surface area contributed by atoms with Gasteiger partial charge in [-0.1, -0.05) is 30.3 Å². The van der Waals surface area contributed by atoms with Crippen LogP contribution in [0.15, 0.2) is 36.4 Å². The van der Waals surface area contributed by atoms with Crippen LogP contribution in [0.4, 0.5) is 5.00 Å². The molecule has 4 rings (SSSR count). The van der Waals surface area contributed by atoms with Gasteiger partial charge in [0.15, 0.2) is 6.29 Å². The Bertz CT molecular complexity index is 753. The Morgan fingerprint density at radius 3 is 2.70 bits per heavy atom. The fraction of sp³-hybridized carbons (Fsp3) is 0.450. The summed E-state index contributed by atoms with van der Waals surface area (Å²) >= 11 is 1.49. The Morgan fingerprint density at radius 1 is 1.15 bits per heavy atom. The molecule has 0 saturated carbocycles. The Labute approximate surface area is 163 Å². The number of hydrogen-bond donors (Lipinski definition) is 1. The Morgan fingerprint density at radius 2 is 1.96 bits per heavy atom. The first kappa shape index (κ1) is 18.4. The van der Waals surface area contributed by atoms with E-state index >= 15 is 0 Å². The van der Waals surface area contributed by atoms with Gasteiger partial charge < -0.3 is 14.4 Å². The molecule has 3 heterocycles. The van der Waals surface area contributed by atoms with Gasteiger partial charge in [0.05, 0.1) is 23.1 Å². The van der Waals surface area contributed by atoms with E-state index in [2.05, 4.69) is 22.5 Å². The van der Waals surface area contributed by atoms with E-state index in [9.17, 15) is 4.79 Å². The van der Waals surface area contributed by atoms with Crippen molar-refractivity contribution in [2.24, 2.45) is 0 Å². The van der Waals surface area contributed by atoms with E-state index in [0.29, 0.717) is 24.7 Å². The van der Waals surface area contributed by atoms with Crippen LogP contribution in [0, 0.1) is 0 Å². The van der Waals surface area contributed by atoms with Crippen molar-refractivity contribution in [1.82, 2.24) is 5.48 Å². The SMILES string of the molecule is O=C(NO[C@@H]1CCCCO1)c1cc(-c2ccccc2)c(N2CCOCC2)s1. The number of amides is 1. The van der Waals surface area contributed by atoms with Gasteiger partial charge in [-0.05, 0) is 24.5 Å². The average Bonchev–Trinajstić information content (AvgIpc) is 3.20. The first-order valence-electron chi connectivity index (χ1n) is 9.41. The molecule has 1 amide bonds. The number of thiophene rings is 1. The summed E-state index contributed by atoms with van der Waals surface area (Å²) in [5.41, 5.74) is 4.74. The normalized spacial score (nSPS) is 20.4. The molecule has 27 heavy (non-hydrogen) atoms. The summed E-state index contributed by atoms with van der Waals surface area (Å²) in [4.78, 5) is 21.0. The van der Waals surface area contributed by atoms with Crippen LogP contribution < -0.4 is 10.4 Å². The second kappa shape index (κ2) is 8.84. The smallest absolute Gasteiger partial charge is 0.285 e. The van der Waals surface area contributed by atoms with Gasteiger partial charge in [-0.25, -0.2) is 10.3 Å². The van der Waals surface area contributed by atoms with Crippen molar-refractivity contribution in [3.8, 4) is 11.1 Å². The van der Waals surface area contributed by atoms with Crippen molar-refractivity contribution in [2.45, 2.75) is 25.6 Å². The zero-order valence-electron chi connectivity index (χ0n) is 15.2. The van der Waals surface area contributed by atoms with Crippen LogP contribution in [0.2, 0.25) is 0 Å². The molecule has 1 aromatic carbocycles. The third-order valence-corrected chi connectivity index (χ3v) is 5.93. The minimum absolute atomic E-state index is 0.231. The van der Waals surface area contributed by atoms with Crippen LogP contribution in [0.1, 0.15) is 28.9 Å². The number of anilines is 1. The lowest BCUT2D eigenvalue weighted by Gasteiger charge is -2.28. The number of carbonyl (C=O) groups excluding carboxylic acids is 1. The third kappa shape index (κ3) is 4.50. The second-order valence-corrected chi connectivity index (χ2v) is 7.67. The van der Waals surface area contributed by atoms with Crippen molar-refractivity contribution in [3.63, 3.8) is 0 Å². The van der Waals surface area contributed by atoms with E-state index in [1.54, 1.807) is 0 Å². The highest BCUT2D eigenvalue weighted by Gasteiger charge is 2.23. The molecule has 144 valence electrons. The molecule has 0 bridgehead atoms. The van der Waals surface area contributed by atoms with Gasteiger partial charge in [0, 0.05) is 31.7 Å². The summed E-state index contributed by atoms with van der Waals surface area (Å²) in [5.74, 6) is -0.231. The molecule has 0 unspecified atom stereocenters. The number of hydrogen-bond acceptors (Lipinski definition) is 6. The first-order valence-corrected chi connectivity index (χ1v) is 10.2. The summed E-state index contributed by atoms with van der Waals surface area (Å²) in [5, 5.41) is 1.10. The second-order valence-electron chi connectivity index (χ2n) is 6.64. The highest BCUT2D eigenvalue weighted by Crippen LogP contribution is 2.39. The van der Waals surface area contributed by atoms with Gasteiger partial charge in [0.25, 0.3) is 5.91 Å². The number of morpholine rings is 1. The summed E-state index contributed by atoms with van der Waals surface area (Å²) in [6.07, 6.45) is 2.55. The lowest BCUT2D eigenvalue weighted by atomic mass is 10.1. The predicted molar refractivity (Wildman–Crippen MR) is 105 cm³/mol. The molecule has 2 aliphatic rings. The van der Waals surface area contributed by atoms with E-state index < -0.39 is 0 Å². The number of hydroxylamine groups is 1. The zero-order valence-corrected chi connectivity index (χ0v) is 16.0. The highest BCUT2D eigenvalue weighted by atomic mass is 32.1. The fourth-order valence-corrected chi connectivity index (χ4v) is 4.41. The van der Waals surface area contributed by atoms with Crippen LogP contribution in [0.25, 0.3) is 11.1 Å². The number of carbonyl (C=O) groups is 1. The van der Waals surface area contributed by atoms with Crippen molar-refractivity contribution < 1.29 is 19.1 Å². The van der Waals surface area contributed by atoms with Crippen LogP contribution in [0.3, 0.4) is 0 Å². The van der Waals surface area contributed by atoms with Gasteiger partial charge in [-0.3, -0.25) is 4.79 Å². The minimum Gasteiger partial charge on any atom is -0.378 e. The molecule has 0 aliphatic carbocycles. The molecule has 2 aliphatic heterocycles. The Kier molecular flexibility index (Phi) is 6.03. The maximum absolute atomic E-state index is 12.6. The standard InChI is InChI=1S/C20H24N2O4S/c23-19(21-26-18-8-4-5-11-25-18)17-14-16(15-6-2-1-3-7-15)20(27-17)22-9-12-24-13-10-22/h1-3,6-7,14,18H,4-5,8-13H2,(H,21,23)/t18-/m1/s1. The number of nitrogens with one attached hydrogen (secondary N) is 1. The number of ether oxygens (including phenoxy) is 2. The molecule has 1 aromatic heterocycles. The topological polar surface area (TPSA) is 60.0 Å². The van der Waals surface area contributed by atoms with E-state index in [0.717, 1.165) is 48.5 Å². The van der Waals surface area contributed by atoms with Crippen LogP contribution in [0.5, 0.6) is 0 Å². The van der Waals surface area contributed by atoms with Gasteiger partial charge in [-0.2, -0.15) is 0 Å². The highest BCUT2D eigenvalue weighted by molar-refractivity contribution is 7.18. The Hall–Kier alpha value is -1.93. The van der Waals surface area contributed by atoms with Crippen molar-refractivity contribution in [1.29, 1.82) is 0 Å². The molecule has 2 saturated heterocycles. The maximum atomic E-state index is 12.6. The molecule has 0 spiro atoms. The Balaban J connectivity index is 1.53. The fourth-order valence-electron chi connectivity index (χ4n) is 3.29. The summed E-state index contributed by atoms with van der Waals surface area (Å²) in [7, 11) is 0. The summed E-state index contributed by atoms with van der Waals surface area (Å²) in [6, 6.07) is 12.1. The largest absolute Gasteiger partial charge is 0.378 e. The monoisotopic (exact) mass is 388 g/mol. The summed E-state index contributed by atoms with van der Waals surface area (Å²) in [6.45, 7) is 3.74. The molecule has 7 heteroatoms. The molecule has 2 aromatic rings. The van der Waals surface area contributed by atoms with Gasteiger partial charge in [0.2, 0.25) is 0 Å². The van der Waals surface area contributed by atoms with Crippen LogP contribution in [-0.4, -0.2) is 45.1 Å². The number of nitrogens with zero attached hydrogens (tertiary/aromatic N) is 1. The van der Waals surface area contributed by atoms with Crippen LogP contribution >= 0.6 is 11.3 Å². The molecular weight excluding hydrogens is 364 g/mol. The van der Waals surface area contributed by atoms with E-state index in [1.807, 2.05) is 24.3 Å². The summed E-state index contributed by atoms with van der Waals surface area (Å²) < 4.78 is 11.0. The molecule has 1 N–H and O–H groups in total. The maximum Gasteiger partial charge on any atom is 0.285 e. The van der Waals surface area contributed by atoms with E-state index in [-0.39, 0.29) is 12.2 Å². The zero-order chi connectivity index (χ0) is 18.5. The van der Waals surface area contributed by atoms with Gasteiger partial charge in [0.1, 0.15) is 0 Å². The minimum atomic E-state index is -0.352.